The average Bonchev–Trinajstić information content (AvgIpc) is 3.03. The van der Waals surface area contributed by atoms with E-state index in [2.05, 4.69) is 4.98 Å². The fourth-order valence-corrected chi connectivity index (χ4v) is 4.64. The van der Waals surface area contributed by atoms with Gasteiger partial charge in [-0.2, -0.15) is 0 Å². The van der Waals surface area contributed by atoms with E-state index in [9.17, 15) is 13.2 Å². The Morgan fingerprint density at radius 1 is 1.42 bits per heavy atom. The van der Waals surface area contributed by atoms with Crippen LogP contribution in [0.3, 0.4) is 0 Å². The zero-order valence-corrected chi connectivity index (χ0v) is 14.8. The van der Waals surface area contributed by atoms with Crippen LogP contribution in [0.25, 0.3) is 0 Å². The highest BCUT2D eigenvalue weighted by atomic mass is 32.2. The summed E-state index contributed by atoms with van der Waals surface area (Å²) in [5.74, 6) is -0.257. The lowest BCUT2D eigenvalue weighted by Gasteiger charge is -2.28. The van der Waals surface area contributed by atoms with Gasteiger partial charge in [0.05, 0.1) is 13.2 Å². The number of sulfone groups is 1. The Kier molecular flexibility index (Phi) is 4.92. The number of fused-ring (bicyclic) bond motifs is 1. The molecule has 2 aliphatic rings. The van der Waals surface area contributed by atoms with Gasteiger partial charge in [-0.05, 0) is 36.5 Å². The van der Waals surface area contributed by atoms with Gasteiger partial charge in [0.1, 0.15) is 5.75 Å². The number of likely N-dealkylation sites (tertiary alicyclic amines) is 1. The Morgan fingerprint density at radius 2 is 2.17 bits per heavy atom. The van der Waals surface area contributed by atoms with E-state index in [1.54, 1.807) is 17.3 Å². The van der Waals surface area contributed by atoms with Gasteiger partial charge < -0.3 is 9.64 Å². The van der Waals surface area contributed by atoms with Gasteiger partial charge in [0, 0.05) is 37.2 Å². The first-order chi connectivity index (χ1) is 11.4. The van der Waals surface area contributed by atoms with Crippen LogP contribution in [0.2, 0.25) is 0 Å². The molecule has 2 atom stereocenters. The van der Waals surface area contributed by atoms with E-state index in [0.717, 1.165) is 31.1 Å². The fraction of sp³-hybridized carbons (Fsp3) is 0.647. The summed E-state index contributed by atoms with van der Waals surface area (Å²) < 4.78 is 28.7. The van der Waals surface area contributed by atoms with E-state index in [-0.39, 0.29) is 11.3 Å². The number of amides is 1. The fourth-order valence-electron chi connectivity index (χ4n) is 4.01. The molecular formula is C17H24N2O4S. The molecule has 1 aliphatic heterocycles. The SMILES string of the molecule is CS(=O)(=O)CC(=O)N1C[C@H]2CCC[C@]2(COCc2ccncc2)C1. The lowest BCUT2D eigenvalue weighted by Crippen LogP contribution is -2.37. The summed E-state index contributed by atoms with van der Waals surface area (Å²) in [7, 11) is -3.29. The van der Waals surface area contributed by atoms with Gasteiger partial charge in [-0.25, -0.2) is 8.42 Å². The van der Waals surface area contributed by atoms with Crippen molar-refractivity contribution >= 4 is 15.7 Å². The maximum Gasteiger partial charge on any atom is 0.237 e. The van der Waals surface area contributed by atoms with Crippen molar-refractivity contribution in [1.82, 2.24) is 9.88 Å². The number of hydrogen-bond donors (Lipinski definition) is 0. The molecule has 1 amide bonds. The number of carbonyl (C=O) groups excluding carboxylic acids is 1. The third-order valence-electron chi connectivity index (χ3n) is 5.19. The van der Waals surface area contributed by atoms with Crippen molar-refractivity contribution in [3.8, 4) is 0 Å². The van der Waals surface area contributed by atoms with Crippen molar-refractivity contribution in [3.05, 3.63) is 30.1 Å². The maximum absolute atomic E-state index is 12.2. The highest BCUT2D eigenvalue weighted by molar-refractivity contribution is 7.91. The topological polar surface area (TPSA) is 76.6 Å². The number of carbonyl (C=O) groups is 1. The number of aromatic nitrogens is 1. The summed E-state index contributed by atoms with van der Waals surface area (Å²) in [5, 5.41) is 0. The second-order valence-corrected chi connectivity index (χ2v) is 9.28. The second kappa shape index (κ2) is 6.80. The molecule has 1 aliphatic carbocycles. The van der Waals surface area contributed by atoms with Gasteiger partial charge in [0.25, 0.3) is 0 Å². The molecule has 0 radical (unpaired) electrons. The molecule has 0 N–H and O–H groups in total. The van der Waals surface area contributed by atoms with Crippen molar-refractivity contribution in [2.75, 3.05) is 31.7 Å². The number of pyridine rings is 1. The second-order valence-electron chi connectivity index (χ2n) is 7.14. The van der Waals surface area contributed by atoms with E-state index in [1.807, 2.05) is 12.1 Å². The zero-order valence-electron chi connectivity index (χ0n) is 14.0. The highest BCUT2D eigenvalue weighted by Gasteiger charge is 2.50. The third-order valence-corrected chi connectivity index (χ3v) is 5.96. The first-order valence-electron chi connectivity index (χ1n) is 8.30. The van der Waals surface area contributed by atoms with Gasteiger partial charge in [-0.3, -0.25) is 9.78 Å². The van der Waals surface area contributed by atoms with Crippen LogP contribution in [0.15, 0.2) is 24.5 Å². The summed E-state index contributed by atoms with van der Waals surface area (Å²) in [6.07, 6.45) is 7.87. The Morgan fingerprint density at radius 3 is 2.88 bits per heavy atom. The summed E-state index contributed by atoms with van der Waals surface area (Å²) in [6.45, 7) is 2.42. The molecular weight excluding hydrogens is 328 g/mol. The Bertz CT molecular complexity index is 692. The lowest BCUT2D eigenvalue weighted by molar-refractivity contribution is -0.128. The van der Waals surface area contributed by atoms with E-state index in [0.29, 0.717) is 32.2 Å². The smallest absolute Gasteiger partial charge is 0.237 e. The van der Waals surface area contributed by atoms with E-state index in [1.165, 1.54) is 0 Å². The summed E-state index contributed by atoms with van der Waals surface area (Å²) in [4.78, 5) is 17.9. The molecule has 0 bridgehead atoms. The summed E-state index contributed by atoms with van der Waals surface area (Å²) in [6, 6.07) is 3.86. The average molecular weight is 352 g/mol. The molecule has 0 aromatic carbocycles. The minimum absolute atomic E-state index is 0.0137. The molecule has 132 valence electrons. The van der Waals surface area contributed by atoms with Gasteiger partial charge in [0.2, 0.25) is 5.91 Å². The van der Waals surface area contributed by atoms with Gasteiger partial charge in [-0.15, -0.1) is 0 Å². The van der Waals surface area contributed by atoms with Crippen LogP contribution in [0.1, 0.15) is 24.8 Å². The van der Waals surface area contributed by atoms with E-state index in [4.69, 9.17) is 4.74 Å². The molecule has 1 aromatic rings. The molecule has 24 heavy (non-hydrogen) atoms. The number of ether oxygens (including phenoxy) is 1. The van der Waals surface area contributed by atoms with Crippen molar-refractivity contribution in [3.63, 3.8) is 0 Å². The highest BCUT2D eigenvalue weighted by Crippen LogP contribution is 2.49. The monoisotopic (exact) mass is 352 g/mol. The normalized spacial score (nSPS) is 26.5. The van der Waals surface area contributed by atoms with Crippen LogP contribution < -0.4 is 0 Å². The van der Waals surface area contributed by atoms with Gasteiger partial charge >= 0.3 is 0 Å². The van der Waals surface area contributed by atoms with Crippen molar-refractivity contribution < 1.29 is 17.9 Å². The summed E-state index contributed by atoms with van der Waals surface area (Å²) >= 11 is 0. The van der Waals surface area contributed by atoms with Crippen LogP contribution in [-0.2, 0) is 26.0 Å². The number of hydrogen-bond acceptors (Lipinski definition) is 5. The van der Waals surface area contributed by atoms with E-state index < -0.39 is 15.6 Å². The largest absolute Gasteiger partial charge is 0.376 e. The molecule has 3 rings (SSSR count). The minimum atomic E-state index is -3.29. The first-order valence-corrected chi connectivity index (χ1v) is 10.4. The van der Waals surface area contributed by atoms with Crippen molar-refractivity contribution in [2.24, 2.45) is 11.3 Å². The lowest BCUT2D eigenvalue weighted by atomic mass is 9.81. The van der Waals surface area contributed by atoms with Gasteiger partial charge in [0.15, 0.2) is 9.84 Å². The Labute approximate surface area is 143 Å². The molecule has 1 aromatic heterocycles. The maximum atomic E-state index is 12.2. The van der Waals surface area contributed by atoms with Crippen molar-refractivity contribution in [2.45, 2.75) is 25.9 Å². The molecule has 7 heteroatoms. The van der Waals surface area contributed by atoms with Crippen LogP contribution in [0, 0.1) is 11.3 Å². The van der Waals surface area contributed by atoms with Gasteiger partial charge in [-0.1, -0.05) is 6.42 Å². The van der Waals surface area contributed by atoms with Crippen molar-refractivity contribution in [1.29, 1.82) is 0 Å². The zero-order chi connectivity index (χ0) is 17.2. The molecule has 2 heterocycles. The molecule has 1 saturated carbocycles. The molecule has 1 saturated heterocycles. The summed E-state index contributed by atoms with van der Waals surface area (Å²) in [5.41, 5.74) is 1.07. The quantitative estimate of drug-likeness (QED) is 0.771. The number of rotatable bonds is 6. The third kappa shape index (κ3) is 3.95. The minimum Gasteiger partial charge on any atom is -0.376 e. The van der Waals surface area contributed by atoms with Crippen LogP contribution >= 0.6 is 0 Å². The molecule has 6 nitrogen and oxygen atoms in total. The predicted octanol–water partition coefficient (Wildman–Crippen LogP) is 1.27. The standard InChI is InChI=1S/C17H24N2O4S/c1-24(21,22)11-16(20)19-9-15-3-2-6-17(15,12-19)13-23-10-14-4-7-18-8-5-14/h4-5,7-8,15H,2-3,6,9-13H2,1H3/t15-,17-/m1/s1. The first kappa shape index (κ1) is 17.4. The molecule has 0 spiro atoms. The molecule has 2 fully saturated rings. The van der Waals surface area contributed by atoms with Crippen LogP contribution in [0.4, 0.5) is 0 Å². The molecule has 0 unspecified atom stereocenters. The number of nitrogens with zero attached hydrogens (tertiary/aromatic N) is 2. The van der Waals surface area contributed by atoms with Crippen LogP contribution in [-0.4, -0.2) is 55.9 Å². The Balaban J connectivity index is 1.60. The Hall–Kier alpha value is -1.47. The van der Waals surface area contributed by atoms with E-state index >= 15 is 0 Å². The predicted molar refractivity (Wildman–Crippen MR) is 90.0 cm³/mol. The van der Waals surface area contributed by atoms with Crippen LogP contribution in [0.5, 0.6) is 0 Å².